The second-order valence-electron chi connectivity index (χ2n) is 5.95. The average molecular weight is 379 g/mol. The molecule has 0 saturated heterocycles. The Hall–Kier alpha value is -4.01. The number of fused-ring (bicyclic) bond motifs is 1. The molecule has 140 valence electrons. The molecule has 0 spiro atoms. The summed E-state index contributed by atoms with van der Waals surface area (Å²) in [6.45, 7) is 1.59. The molecule has 0 fully saturated rings. The monoisotopic (exact) mass is 379 g/mol. The Morgan fingerprint density at radius 2 is 1.86 bits per heavy atom. The van der Waals surface area contributed by atoms with E-state index in [1.165, 1.54) is 24.3 Å². The Morgan fingerprint density at radius 1 is 1.11 bits per heavy atom. The third kappa shape index (κ3) is 3.32. The quantitative estimate of drug-likeness (QED) is 0.286. The lowest BCUT2D eigenvalue weighted by Gasteiger charge is -2.07. The lowest BCUT2D eigenvalue weighted by atomic mass is 10.2. The molecule has 0 aliphatic heterocycles. The van der Waals surface area contributed by atoms with Crippen LogP contribution in [0.3, 0.4) is 0 Å². The fraction of sp³-hybridized carbons (Fsp3) is 0.105. The van der Waals surface area contributed by atoms with Crippen LogP contribution in [-0.4, -0.2) is 21.1 Å². The van der Waals surface area contributed by atoms with Crippen molar-refractivity contribution in [2.75, 3.05) is 0 Å². The van der Waals surface area contributed by atoms with Gasteiger partial charge in [-0.15, -0.1) is 10.2 Å². The smallest absolute Gasteiger partial charge is 0.375 e. The SMILES string of the molecule is C[C@@H](OC(=O)c1cc2ccccc2o1)c1nnc(-c2ccc([N+](=O)[O-])cc2)o1. The van der Waals surface area contributed by atoms with Gasteiger partial charge in [0.1, 0.15) is 5.58 Å². The third-order valence-electron chi connectivity index (χ3n) is 4.02. The number of nitrogens with zero attached hydrogens (tertiary/aromatic N) is 3. The van der Waals surface area contributed by atoms with Crippen LogP contribution in [0.15, 0.2) is 63.4 Å². The summed E-state index contributed by atoms with van der Waals surface area (Å²) >= 11 is 0. The summed E-state index contributed by atoms with van der Waals surface area (Å²) in [5, 5.41) is 19.3. The fourth-order valence-electron chi connectivity index (χ4n) is 2.59. The van der Waals surface area contributed by atoms with Gasteiger partial charge in [0.2, 0.25) is 11.7 Å². The van der Waals surface area contributed by atoms with Crippen molar-refractivity contribution in [3.63, 3.8) is 0 Å². The van der Waals surface area contributed by atoms with Crippen molar-refractivity contribution in [2.45, 2.75) is 13.0 Å². The first kappa shape index (κ1) is 17.4. The number of aromatic nitrogens is 2. The minimum absolute atomic E-state index is 0.0448. The lowest BCUT2D eigenvalue weighted by Crippen LogP contribution is -2.08. The molecule has 0 saturated carbocycles. The molecule has 2 aromatic carbocycles. The van der Waals surface area contributed by atoms with E-state index in [1.54, 1.807) is 19.1 Å². The number of carbonyl (C=O) groups excluding carboxylic acids is 1. The number of furan rings is 1. The highest BCUT2D eigenvalue weighted by Gasteiger charge is 2.22. The molecule has 0 aliphatic carbocycles. The predicted molar refractivity (Wildman–Crippen MR) is 96.4 cm³/mol. The molecule has 9 nitrogen and oxygen atoms in total. The highest BCUT2D eigenvalue weighted by Crippen LogP contribution is 2.26. The molecule has 4 rings (SSSR count). The van der Waals surface area contributed by atoms with Gasteiger partial charge in [-0.2, -0.15) is 0 Å². The number of hydrogen-bond acceptors (Lipinski definition) is 8. The van der Waals surface area contributed by atoms with Gasteiger partial charge in [-0.25, -0.2) is 4.79 Å². The number of nitro benzene ring substituents is 1. The van der Waals surface area contributed by atoms with E-state index < -0.39 is 17.0 Å². The van der Waals surface area contributed by atoms with Crippen molar-refractivity contribution in [2.24, 2.45) is 0 Å². The molecule has 0 N–H and O–H groups in total. The summed E-state index contributed by atoms with van der Waals surface area (Å²) in [6, 6.07) is 14.5. The van der Waals surface area contributed by atoms with E-state index >= 15 is 0 Å². The molecule has 2 aromatic heterocycles. The molecule has 9 heteroatoms. The highest BCUT2D eigenvalue weighted by atomic mass is 16.6. The number of esters is 1. The third-order valence-corrected chi connectivity index (χ3v) is 4.02. The van der Waals surface area contributed by atoms with Gasteiger partial charge in [0.15, 0.2) is 6.10 Å². The van der Waals surface area contributed by atoms with E-state index in [-0.39, 0.29) is 23.2 Å². The van der Waals surface area contributed by atoms with Crippen molar-refractivity contribution < 1.29 is 23.3 Å². The molecule has 0 radical (unpaired) electrons. The highest BCUT2D eigenvalue weighted by molar-refractivity contribution is 5.92. The Kier molecular flexibility index (Phi) is 4.32. The van der Waals surface area contributed by atoms with Gasteiger partial charge in [-0.1, -0.05) is 18.2 Å². The van der Waals surface area contributed by atoms with E-state index in [0.29, 0.717) is 11.1 Å². The molecule has 4 aromatic rings. The summed E-state index contributed by atoms with van der Waals surface area (Å²) in [5.41, 5.74) is 1.05. The van der Waals surface area contributed by atoms with Crippen LogP contribution in [0, 0.1) is 10.1 Å². The Balaban J connectivity index is 1.48. The molecular weight excluding hydrogens is 366 g/mol. The summed E-state index contributed by atoms with van der Waals surface area (Å²) in [4.78, 5) is 22.5. The number of nitro groups is 1. The van der Waals surface area contributed by atoms with E-state index in [9.17, 15) is 14.9 Å². The zero-order valence-corrected chi connectivity index (χ0v) is 14.6. The van der Waals surface area contributed by atoms with Crippen molar-refractivity contribution in [3.05, 3.63) is 76.4 Å². The van der Waals surface area contributed by atoms with Crippen LogP contribution in [0.2, 0.25) is 0 Å². The molecule has 0 aliphatic rings. The predicted octanol–water partition coefficient (Wildman–Crippen LogP) is 4.31. The number of rotatable bonds is 5. The molecule has 1 atom stereocenters. The molecule has 0 unspecified atom stereocenters. The van der Waals surface area contributed by atoms with Gasteiger partial charge >= 0.3 is 5.97 Å². The summed E-state index contributed by atoms with van der Waals surface area (Å²) in [6.07, 6.45) is -0.806. The van der Waals surface area contributed by atoms with E-state index in [0.717, 1.165) is 5.39 Å². The lowest BCUT2D eigenvalue weighted by molar-refractivity contribution is -0.384. The maximum atomic E-state index is 12.3. The first-order valence-corrected chi connectivity index (χ1v) is 8.29. The Labute approximate surface area is 157 Å². The van der Waals surface area contributed by atoms with Crippen molar-refractivity contribution in [1.29, 1.82) is 0 Å². The largest absolute Gasteiger partial charge is 0.449 e. The van der Waals surface area contributed by atoms with Crippen molar-refractivity contribution in [1.82, 2.24) is 10.2 Å². The minimum Gasteiger partial charge on any atom is -0.449 e. The first-order chi connectivity index (χ1) is 13.5. The van der Waals surface area contributed by atoms with Crippen LogP contribution in [0.4, 0.5) is 5.69 Å². The summed E-state index contributed by atoms with van der Waals surface area (Å²) in [7, 11) is 0. The van der Waals surface area contributed by atoms with Crippen LogP contribution < -0.4 is 0 Å². The maximum Gasteiger partial charge on any atom is 0.375 e. The number of para-hydroxylation sites is 1. The summed E-state index contributed by atoms with van der Waals surface area (Å²) in [5.74, 6) is -0.323. The van der Waals surface area contributed by atoms with Crippen LogP contribution in [0.1, 0.15) is 29.5 Å². The molecule has 0 amide bonds. The van der Waals surface area contributed by atoms with E-state index in [4.69, 9.17) is 13.6 Å². The average Bonchev–Trinajstić information content (AvgIpc) is 3.35. The normalized spacial score (nSPS) is 12.0. The van der Waals surface area contributed by atoms with Gasteiger partial charge < -0.3 is 13.6 Å². The van der Waals surface area contributed by atoms with E-state index in [2.05, 4.69) is 10.2 Å². The van der Waals surface area contributed by atoms with Gasteiger partial charge in [0.05, 0.1) is 4.92 Å². The second kappa shape index (κ2) is 6.95. The first-order valence-electron chi connectivity index (χ1n) is 8.29. The molecule has 2 heterocycles. The second-order valence-corrected chi connectivity index (χ2v) is 5.95. The Bertz CT molecular complexity index is 1130. The standard InChI is InChI=1S/C19H13N3O6/c1-11(26-19(23)16-10-13-4-2-3-5-15(13)27-16)17-20-21-18(28-17)12-6-8-14(9-7-12)22(24)25/h2-11H,1H3/t11-/m1/s1. The number of ether oxygens (including phenoxy) is 1. The van der Waals surface area contributed by atoms with Crippen LogP contribution >= 0.6 is 0 Å². The minimum atomic E-state index is -0.806. The molecular formula is C19H13N3O6. The number of hydrogen-bond donors (Lipinski definition) is 0. The topological polar surface area (TPSA) is 122 Å². The van der Waals surface area contributed by atoms with Crippen LogP contribution in [-0.2, 0) is 4.74 Å². The van der Waals surface area contributed by atoms with E-state index in [1.807, 2.05) is 18.2 Å². The number of non-ortho nitro benzene ring substituents is 1. The maximum absolute atomic E-state index is 12.3. The number of benzene rings is 2. The van der Waals surface area contributed by atoms with Crippen LogP contribution in [0.5, 0.6) is 0 Å². The summed E-state index contributed by atoms with van der Waals surface area (Å²) < 4.78 is 16.3. The molecule has 28 heavy (non-hydrogen) atoms. The molecule has 0 bridgehead atoms. The van der Waals surface area contributed by atoms with Crippen molar-refractivity contribution >= 4 is 22.6 Å². The zero-order valence-electron chi connectivity index (χ0n) is 14.6. The van der Waals surface area contributed by atoms with Gasteiger partial charge in [0.25, 0.3) is 11.6 Å². The van der Waals surface area contributed by atoms with Gasteiger partial charge in [-0.05, 0) is 31.2 Å². The van der Waals surface area contributed by atoms with Gasteiger partial charge in [-0.3, -0.25) is 10.1 Å². The Morgan fingerprint density at radius 3 is 2.57 bits per heavy atom. The number of carbonyl (C=O) groups is 1. The van der Waals surface area contributed by atoms with Crippen molar-refractivity contribution in [3.8, 4) is 11.5 Å². The zero-order chi connectivity index (χ0) is 19.7. The van der Waals surface area contributed by atoms with Crippen LogP contribution in [0.25, 0.3) is 22.4 Å². The van der Waals surface area contributed by atoms with Gasteiger partial charge in [0, 0.05) is 23.1 Å². The fourth-order valence-corrected chi connectivity index (χ4v) is 2.59.